The molecule has 2 nitrogen and oxygen atoms in total. The van der Waals surface area contributed by atoms with E-state index in [1.165, 1.54) is 12.0 Å². The molecule has 2 unspecified atom stereocenters. The largest absolute Gasteiger partial charge is 0.350 e. The first-order valence-electron chi connectivity index (χ1n) is 5.16. The van der Waals surface area contributed by atoms with Crippen LogP contribution in [0, 0.1) is 11.8 Å². The third-order valence-corrected chi connectivity index (χ3v) is 3.11. The summed E-state index contributed by atoms with van der Waals surface area (Å²) in [6.07, 6.45) is 4.72. The lowest BCUT2D eigenvalue weighted by Crippen LogP contribution is -2.29. The summed E-state index contributed by atoms with van der Waals surface area (Å²) in [6, 6.07) is 0. The van der Waals surface area contributed by atoms with Crippen molar-refractivity contribution in [3.05, 3.63) is 11.6 Å². The van der Waals surface area contributed by atoms with E-state index in [0.717, 1.165) is 19.6 Å². The van der Waals surface area contributed by atoms with Gasteiger partial charge in [-0.25, -0.2) is 0 Å². The molecule has 2 aliphatic rings. The van der Waals surface area contributed by atoms with Crippen LogP contribution in [0.15, 0.2) is 11.6 Å². The van der Waals surface area contributed by atoms with Gasteiger partial charge in [-0.1, -0.05) is 18.6 Å². The summed E-state index contributed by atoms with van der Waals surface area (Å²) in [5.41, 5.74) is 1.52. The van der Waals surface area contributed by atoms with E-state index >= 15 is 0 Å². The lowest BCUT2D eigenvalue weighted by Gasteiger charge is -2.30. The quantitative estimate of drug-likeness (QED) is 0.579. The minimum absolute atomic E-state index is 0.0688. The molecular weight excluding hydrogens is 164 g/mol. The third kappa shape index (κ3) is 1.94. The van der Waals surface area contributed by atoms with E-state index in [-0.39, 0.29) is 6.29 Å². The Morgan fingerprint density at radius 3 is 2.62 bits per heavy atom. The third-order valence-electron chi connectivity index (χ3n) is 3.11. The maximum Gasteiger partial charge on any atom is 0.161 e. The van der Waals surface area contributed by atoms with Gasteiger partial charge in [0.15, 0.2) is 6.29 Å². The Bertz CT molecular complexity index is 204. The lowest BCUT2D eigenvalue weighted by molar-refractivity contribution is -0.0980. The second-order valence-corrected chi connectivity index (χ2v) is 4.24. The first-order valence-corrected chi connectivity index (χ1v) is 5.16. The fourth-order valence-electron chi connectivity index (χ4n) is 2.32. The topological polar surface area (TPSA) is 18.5 Å². The summed E-state index contributed by atoms with van der Waals surface area (Å²) in [5.74, 6) is 1.28. The van der Waals surface area contributed by atoms with Gasteiger partial charge < -0.3 is 9.47 Å². The second kappa shape index (κ2) is 3.81. The van der Waals surface area contributed by atoms with Gasteiger partial charge in [0.05, 0.1) is 13.2 Å². The smallest absolute Gasteiger partial charge is 0.161 e. The van der Waals surface area contributed by atoms with Crippen molar-refractivity contribution >= 4 is 0 Å². The Morgan fingerprint density at radius 2 is 2.00 bits per heavy atom. The number of rotatable bonds is 1. The number of ether oxygens (including phenoxy) is 2. The van der Waals surface area contributed by atoms with Crippen LogP contribution in [0.2, 0.25) is 0 Å². The molecule has 0 bridgehead atoms. The summed E-state index contributed by atoms with van der Waals surface area (Å²) >= 11 is 0. The van der Waals surface area contributed by atoms with Gasteiger partial charge in [-0.2, -0.15) is 0 Å². The molecule has 0 N–H and O–H groups in total. The molecule has 1 heterocycles. The molecule has 0 saturated carbocycles. The molecule has 1 saturated heterocycles. The van der Waals surface area contributed by atoms with Crippen LogP contribution < -0.4 is 0 Å². The first-order chi connectivity index (χ1) is 6.27. The molecule has 2 atom stereocenters. The van der Waals surface area contributed by atoms with Gasteiger partial charge in [0.1, 0.15) is 0 Å². The van der Waals surface area contributed by atoms with Crippen molar-refractivity contribution in [3.63, 3.8) is 0 Å². The number of allylic oxidation sites excluding steroid dienone is 2. The monoisotopic (exact) mass is 182 g/mol. The van der Waals surface area contributed by atoms with Crippen molar-refractivity contribution < 1.29 is 9.47 Å². The van der Waals surface area contributed by atoms with E-state index in [4.69, 9.17) is 9.47 Å². The van der Waals surface area contributed by atoms with Gasteiger partial charge in [0, 0.05) is 5.92 Å². The van der Waals surface area contributed by atoms with Crippen molar-refractivity contribution in [1.29, 1.82) is 0 Å². The van der Waals surface area contributed by atoms with E-state index in [2.05, 4.69) is 19.9 Å². The van der Waals surface area contributed by atoms with E-state index < -0.39 is 0 Å². The van der Waals surface area contributed by atoms with E-state index in [0.29, 0.717) is 11.8 Å². The SMILES string of the molecule is CC1=CCC(C2OCCO2)C(C)C1. The highest BCUT2D eigenvalue weighted by atomic mass is 16.7. The molecule has 0 aromatic heterocycles. The average molecular weight is 182 g/mol. The summed E-state index contributed by atoms with van der Waals surface area (Å²) in [6.45, 7) is 6.06. The van der Waals surface area contributed by atoms with E-state index in [1.807, 2.05) is 0 Å². The molecule has 1 aliphatic carbocycles. The predicted octanol–water partition coefficient (Wildman–Crippen LogP) is 2.35. The Labute approximate surface area is 79.9 Å². The maximum absolute atomic E-state index is 5.55. The molecule has 1 aliphatic heterocycles. The van der Waals surface area contributed by atoms with Crippen molar-refractivity contribution in [1.82, 2.24) is 0 Å². The molecule has 0 aromatic rings. The number of hydrogen-bond donors (Lipinski definition) is 0. The second-order valence-electron chi connectivity index (χ2n) is 4.24. The maximum atomic E-state index is 5.55. The van der Waals surface area contributed by atoms with Gasteiger partial charge in [0.2, 0.25) is 0 Å². The molecule has 0 amide bonds. The summed E-state index contributed by atoms with van der Waals surface area (Å²) < 4.78 is 11.1. The van der Waals surface area contributed by atoms with E-state index in [9.17, 15) is 0 Å². The molecule has 2 rings (SSSR count). The van der Waals surface area contributed by atoms with Crippen LogP contribution in [-0.4, -0.2) is 19.5 Å². The van der Waals surface area contributed by atoms with Gasteiger partial charge in [-0.15, -0.1) is 0 Å². The first kappa shape index (κ1) is 9.22. The highest BCUT2D eigenvalue weighted by molar-refractivity contribution is 5.05. The molecule has 0 aromatic carbocycles. The zero-order valence-electron chi connectivity index (χ0n) is 8.45. The fourth-order valence-corrected chi connectivity index (χ4v) is 2.32. The Morgan fingerprint density at radius 1 is 1.31 bits per heavy atom. The highest BCUT2D eigenvalue weighted by Crippen LogP contribution is 2.34. The molecule has 74 valence electrons. The van der Waals surface area contributed by atoms with Crippen molar-refractivity contribution in [2.75, 3.05) is 13.2 Å². The van der Waals surface area contributed by atoms with Crippen molar-refractivity contribution in [3.8, 4) is 0 Å². The highest BCUT2D eigenvalue weighted by Gasteiger charge is 2.32. The zero-order chi connectivity index (χ0) is 9.26. The molecular formula is C11H18O2. The van der Waals surface area contributed by atoms with Crippen LogP contribution in [0.5, 0.6) is 0 Å². The van der Waals surface area contributed by atoms with Crippen LogP contribution in [-0.2, 0) is 9.47 Å². The van der Waals surface area contributed by atoms with Gasteiger partial charge >= 0.3 is 0 Å². The fraction of sp³-hybridized carbons (Fsp3) is 0.818. The molecule has 0 spiro atoms. The summed E-state index contributed by atoms with van der Waals surface area (Å²) in [7, 11) is 0. The molecule has 13 heavy (non-hydrogen) atoms. The number of hydrogen-bond acceptors (Lipinski definition) is 2. The molecule has 1 fully saturated rings. The van der Waals surface area contributed by atoms with Gasteiger partial charge in [-0.3, -0.25) is 0 Å². The van der Waals surface area contributed by atoms with Crippen molar-refractivity contribution in [2.24, 2.45) is 11.8 Å². The lowest BCUT2D eigenvalue weighted by atomic mass is 9.81. The van der Waals surface area contributed by atoms with Crippen LogP contribution >= 0.6 is 0 Å². The van der Waals surface area contributed by atoms with Gasteiger partial charge in [0.25, 0.3) is 0 Å². The van der Waals surface area contributed by atoms with Crippen LogP contribution in [0.3, 0.4) is 0 Å². The zero-order valence-corrected chi connectivity index (χ0v) is 8.45. The van der Waals surface area contributed by atoms with E-state index in [1.54, 1.807) is 0 Å². The summed E-state index contributed by atoms with van der Waals surface area (Å²) in [4.78, 5) is 0. The summed E-state index contributed by atoms with van der Waals surface area (Å²) in [5, 5.41) is 0. The van der Waals surface area contributed by atoms with Crippen LogP contribution in [0.1, 0.15) is 26.7 Å². The Balaban J connectivity index is 1.99. The van der Waals surface area contributed by atoms with Crippen LogP contribution in [0.25, 0.3) is 0 Å². The predicted molar refractivity (Wildman–Crippen MR) is 51.3 cm³/mol. The van der Waals surface area contributed by atoms with Crippen molar-refractivity contribution in [2.45, 2.75) is 33.0 Å². The average Bonchev–Trinajstić information content (AvgIpc) is 2.56. The minimum atomic E-state index is 0.0688. The Hall–Kier alpha value is -0.340. The molecule has 0 radical (unpaired) electrons. The van der Waals surface area contributed by atoms with Crippen LogP contribution in [0.4, 0.5) is 0 Å². The van der Waals surface area contributed by atoms with Gasteiger partial charge in [-0.05, 0) is 25.7 Å². The standard InChI is InChI=1S/C11H18O2/c1-8-3-4-10(9(2)7-8)11-12-5-6-13-11/h3,9-11H,4-7H2,1-2H3. The normalized spacial score (nSPS) is 36.3. The molecule has 2 heteroatoms. The minimum Gasteiger partial charge on any atom is -0.350 e. The Kier molecular flexibility index (Phi) is 2.70.